The zero-order valence-electron chi connectivity index (χ0n) is 43.2. The van der Waals surface area contributed by atoms with Crippen molar-refractivity contribution >= 4 is 57.3 Å². The van der Waals surface area contributed by atoms with Crippen molar-refractivity contribution in [2.45, 2.75) is 19.8 Å². The van der Waals surface area contributed by atoms with Crippen molar-refractivity contribution < 1.29 is 61.2 Å². The normalized spacial score (nSPS) is 14.2. The summed E-state index contributed by atoms with van der Waals surface area (Å²) >= 11 is 1.95. The van der Waals surface area contributed by atoms with Crippen LogP contribution in [-0.4, -0.2) is 215 Å². The molecule has 0 aliphatic carbocycles. The van der Waals surface area contributed by atoms with Crippen LogP contribution in [0.4, 0.5) is 25.1 Å². The Hall–Kier alpha value is -5.16. The summed E-state index contributed by atoms with van der Waals surface area (Å²) in [7, 11) is 6.39. The monoisotopic (exact) mass is 1160 g/mol. The first-order chi connectivity index (χ1) is 35.8. The molecule has 2 saturated heterocycles. The summed E-state index contributed by atoms with van der Waals surface area (Å²) in [4.78, 5) is 58.9. The molecule has 2 aliphatic rings. The summed E-state index contributed by atoms with van der Waals surface area (Å²) in [6.07, 6.45) is -0.0123. The number of rotatable bonds is 28. The Bertz CT molecular complexity index is 2620. The van der Waals surface area contributed by atoms with E-state index < -0.39 is 23.4 Å². The van der Waals surface area contributed by atoms with Crippen molar-refractivity contribution in [3.63, 3.8) is 0 Å². The van der Waals surface area contributed by atoms with E-state index in [0.717, 1.165) is 59.7 Å². The lowest BCUT2D eigenvalue weighted by molar-refractivity contribution is -0.890. The second-order valence-electron chi connectivity index (χ2n) is 18.7. The van der Waals surface area contributed by atoms with E-state index in [1.165, 1.54) is 12.1 Å². The molecule has 2 amide bonds. The van der Waals surface area contributed by atoms with Crippen molar-refractivity contribution in [1.82, 2.24) is 39.8 Å². The number of carbonyl (C=O) groups is 2. The van der Waals surface area contributed by atoms with Gasteiger partial charge in [-0.1, -0.05) is 18.2 Å². The first kappa shape index (κ1) is 59.1. The summed E-state index contributed by atoms with van der Waals surface area (Å²) in [5, 5.41) is 0. The summed E-state index contributed by atoms with van der Waals surface area (Å²) < 4.78 is 75.1. The van der Waals surface area contributed by atoms with E-state index in [1.807, 2.05) is 70.3 Å². The summed E-state index contributed by atoms with van der Waals surface area (Å²) in [5.74, 6) is -1.18. The first-order valence-corrected chi connectivity index (χ1v) is 26.0. The fraction of sp³-hybridized carbons (Fsp3) is 0.529. The molecule has 2 aromatic heterocycles. The van der Waals surface area contributed by atoms with Crippen molar-refractivity contribution in [3.8, 4) is 5.95 Å². The molecule has 0 bridgehead atoms. The minimum absolute atomic E-state index is 0. The van der Waals surface area contributed by atoms with Gasteiger partial charge in [0.25, 0.3) is 5.91 Å². The molecule has 5 aromatic rings. The van der Waals surface area contributed by atoms with Gasteiger partial charge in [0.2, 0.25) is 23.8 Å². The highest BCUT2D eigenvalue weighted by molar-refractivity contribution is 14.1. The molecule has 75 heavy (non-hydrogen) atoms. The van der Waals surface area contributed by atoms with Gasteiger partial charge in [0.05, 0.1) is 111 Å². The van der Waals surface area contributed by atoms with Gasteiger partial charge in [-0.25, -0.2) is 23.6 Å². The van der Waals surface area contributed by atoms with Gasteiger partial charge < -0.3 is 48.3 Å². The van der Waals surface area contributed by atoms with Gasteiger partial charge in [0.1, 0.15) is 18.2 Å². The smallest absolute Gasteiger partial charge is 0.275 e. The van der Waals surface area contributed by atoms with E-state index in [0.29, 0.717) is 127 Å². The molecular formula is C51H69F3IN11O9. The summed E-state index contributed by atoms with van der Waals surface area (Å²) in [5.41, 5.74) is 3.72. The van der Waals surface area contributed by atoms with Crippen LogP contribution in [0, 0.1) is 27.9 Å². The number of benzene rings is 3. The van der Waals surface area contributed by atoms with Gasteiger partial charge in [0.15, 0.2) is 11.6 Å². The fourth-order valence-corrected chi connectivity index (χ4v) is 8.76. The minimum atomic E-state index is -1.22. The second-order valence-corrected chi connectivity index (χ2v) is 19.9. The van der Waals surface area contributed by atoms with E-state index in [1.54, 1.807) is 6.07 Å². The number of nitrogens with zero attached hydrogens (tertiary/aromatic N) is 10. The van der Waals surface area contributed by atoms with Crippen LogP contribution in [0.25, 0.3) is 17.0 Å². The number of aryl methyl sites for hydroxylation is 1. The third-order valence-electron chi connectivity index (χ3n) is 12.8. The number of piperazine rings is 1. The molecule has 2 aliphatic heterocycles. The third kappa shape index (κ3) is 17.4. The van der Waals surface area contributed by atoms with Gasteiger partial charge >= 0.3 is 0 Å². The zero-order chi connectivity index (χ0) is 52.5. The third-order valence-corrected chi connectivity index (χ3v) is 13.5. The number of morpholine rings is 1. The fourth-order valence-electron chi connectivity index (χ4n) is 8.31. The van der Waals surface area contributed by atoms with Gasteiger partial charge in [-0.2, -0.15) is 15.0 Å². The molecule has 24 heteroatoms. The molecule has 2 fully saturated rings. The van der Waals surface area contributed by atoms with Crippen molar-refractivity contribution in [2.24, 2.45) is 0 Å². The molecule has 0 unspecified atom stereocenters. The van der Waals surface area contributed by atoms with E-state index >= 15 is 0 Å². The van der Waals surface area contributed by atoms with E-state index in [-0.39, 0.29) is 47.7 Å². The number of imidazole rings is 1. The molecule has 0 saturated carbocycles. The first-order valence-electron chi connectivity index (χ1n) is 25.0. The zero-order valence-corrected chi connectivity index (χ0v) is 45.3. The number of aromatic nitrogens is 5. The Labute approximate surface area is 449 Å². The SMILES string of the molecule is Cc1nc2ccccc2n1-c1nc(N2CCOCC2)nc(N2CCN(C(=O)CCOCCOCC[N+](C)(C)CCN(C)CCOCCOCCONC(=O)c3ccc(F)c(F)c3Cc3ccc(I)cc3F)CC2)n1.[OH-]. The van der Waals surface area contributed by atoms with Crippen LogP contribution >= 0.6 is 22.6 Å². The number of carbonyl (C=O) groups excluding carboxylic acids is 2. The lowest BCUT2D eigenvalue weighted by atomic mass is 9.98. The summed E-state index contributed by atoms with van der Waals surface area (Å²) in [6, 6.07) is 14.3. The van der Waals surface area contributed by atoms with Crippen molar-refractivity contribution in [3.05, 3.63) is 98.1 Å². The number of likely N-dealkylation sites (N-methyl/N-ethyl adjacent to an activating group) is 2. The highest BCUT2D eigenvalue weighted by Crippen LogP contribution is 2.25. The number of halogens is 4. The Balaban J connectivity index is 0.00000914. The van der Waals surface area contributed by atoms with Crippen LogP contribution in [-0.2, 0) is 39.7 Å². The van der Waals surface area contributed by atoms with E-state index in [9.17, 15) is 22.8 Å². The maximum atomic E-state index is 14.7. The van der Waals surface area contributed by atoms with Crippen LogP contribution in [0.2, 0.25) is 0 Å². The number of quaternary nitrogens is 1. The number of nitrogens with one attached hydrogen (secondary N) is 1. The van der Waals surface area contributed by atoms with Crippen LogP contribution < -0.4 is 15.3 Å². The molecule has 0 atom stereocenters. The quantitative estimate of drug-likeness (QED) is 0.0322. The molecule has 2 N–H and O–H groups in total. The Morgan fingerprint density at radius 3 is 2.09 bits per heavy atom. The van der Waals surface area contributed by atoms with Crippen LogP contribution in [0.1, 0.15) is 33.7 Å². The number of fused-ring (bicyclic) bond motifs is 1. The predicted molar refractivity (Wildman–Crippen MR) is 282 cm³/mol. The van der Waals surface area contributed by atoms with E-state index in [2.05, 4.69) is 34.3 Å². The number of ether oxygens (including phenoxy) is 5. The molecule has 20 nitrogen and oxygen atoms in total. The molecular weight excluding hydrogens is 1090 g/mol. The maximum Gasteiger partial charge on any atom is 0.275 e. The van der Waals surface area contributed by atoms with Crippen LogP contribution in [0.3, 0.4) is 0 Å². The average Bonchev–Trinajstić information content (AvgIpc) is 3.74. The van der Waals surface area contributed by atoms with Gasteiger partial charge in [-0.15, -0.1) is 0 Å². The standard InChI is InChI=1S/C51H67F3IN11O8.H2O/c1-37-56-44-7-5-6-8-45(44)65(37)51-58-49(57-50(59-51)64-20-26-70-27-21-64)63-16-14-62(15-17-63)46(67)13-24-69-29-31-72-28-23-66(3,4)22-18-61(2)19-25-71-30-32-73-33-34-74-60-48(68)40-11-12-42(52)47(54)41(40)35-38-9-10-39(55)36-43(38)53;/h5-12,36H,13-35H2,1-4H3;1H2. The molecule has 410 valence electrons. The topological polar surface area (TPSA) is 201 Å². The average molecular weight is 1160 g/mol. The van der Waals surface area contributed by atoms with Crippen LogP contribution in [0.15, 0.2) is 54.6 Å². The molecule has 3 aromatic carbocycles. The number of hydrogen-bond acceptors (Lipinski definition) is 16. The molecule has 0 radical (unpaired) electrons. The molecule has 4 heterocycles. The number of hydrogen-bond donors (Lipinski definition) is 1. The van der Waals surface area contributed by atoms with Crippen molar-refractivity contribution in [2.75, 3.05) is 169 Å². The van der Waals surface area contributed by atoms with Gasteiger partial charge in [-0.05, 0) is 78.5 Å². The summed E-state index contributed by atoms with van der Waals surface area (Å²) in [6.45, 7) is 13.4. The Morgan fingerprint density at radius 2 is 1.37 bits per heavy atom. The van der Waals surface area contributed by atoms with Crippen LogP contribution in [0.5, 0.6) is 0 Å². The maximum absolute atomic E-state index is 14.7. The molecule has 7 rings (SSSR count). The van der Waals surface area contributed by atoms with Gasteiger partial charge in [0, 0.05) is 73.5 Å². The number of anilines is 2. The number of hydroxylamine groups is 1. The second kappa shape index (κ2) is 29.4. The largest absolute Gasteiger partial charge is 0.870 e. The van der Waals surface area contributed by atoms with Gasteiger partial charge in [-0.3, -0.25) is 23.9 Å². The highest BCUT2D eigenvalue weighted by atomic mass is 127. The Morgan fingerprint density at radius 1 is 0.733 bits per heavy atom. The van der Waals surface area contributed by atoms with Crippen molar-refractivity contribution in [1.29, 1.82) is 0 Å². The Kier molecular flexibility index (Phi) is 23.1. The van der Waals surface area contributed by atoms with E-state index in [4.69, 9.17) is 48.5 Å². The lowest BCUT2D eigenvalue weighted by Crippen LogP contribution is -2.49. The number of para-hydroxylation sites is 2. The lowest BCUT2D eigenvalue weighted by Gasteiger charge is -2.35. The number of amides is 2. The highest BCUT2D eigenvalue weighted by Gasteiger charge is 2.27. The minimum Gasteiger partial charge on any atom is -0.870 e. The predicted octanol–water partition coefficient (Wildman–Crippen LogP) is 4.27. The molecule has 0 spiro atoms.